The van der Waals surface area contributed by atoms with Crippen LogP contribution < -0.4 is 15.5 Å². The molecule has 0 bridgehead atoms. The molecule has 2 atom stereocenters. The number of ketones is 1. The molecule has 0 aromatic heterocycles. The molecule has 0 radical (unpaired) electrons. The Morgan fingerprint density at radius 2 is 1.77 bits per heavy atom. The highest BCUT2D eigenvalue weighted by Gasteiger charge is 2.24. The quantitative estimate of drug-likeness (QED) is 0.218. The van der Waals surface area contributed by atoms with Crippen molar-refractivity contribution in [1.29, 1.82) is 0 Å². The minimum Gasteiger partial charge on any atom is -0.504 e. The maximum atomic E-state index is 12.5. The predicted molar refractivity (Wildman–Crippen MR) is 112 cm³/mol. The molecule has 0 heterocycles. The molecule has 0 saturated carbocycles. The molecule has 2 rings (SSSR count). The number of anilines is 1. The molecule has 31 heavy (non-hydrogen) atoms. The van der Waals surface area contributed by atoms with E-state index in [1.165, 1.54) is 37.7 Å². The summed E-state index contributed by atoms with van der Waals surface area (Å²) in [6.45, 7) is 3.14. The number of hydrogen-bond donors (Lipinski definition) is 4. The van der Waals surface area contributed by atoms with E-state index in [-0.39, 0.29) is 17.3 Å². The summed E-state index contributed by atoms with van der Waals surface area (Å²) in [7, 11) is 1.41. The Labute approximate surface area is 179 Å². The van der Waals surface area contributed by atoms with Gasteiger partial charge in [-0.25, -0.2) is 10.3 Å². The Balaban J connectivity index is 2.23. The summed E-state index contributed by atoms with van der Waals surface area (Å²) in [4.78, 5) is 35.2. The molecule has 4 N–H and O–H groups in total. The highest BCUT2D eigenvalue weighted by atomic mass is 16.6. The van der Waals surface area contributed by atoms with Gasteiger partial charge in [-0.3, -0.25) is 20.1 Å². The largest absolute Gasteiger partial charge is 0.504 e. The van der Waals surface area contributed by atoms with Gasteiger partial charge in [0.05, 0.1) is 7.11 Å². The Kier molecular flexibility index (Phi) is 8.16. The number of methoxy groups -OCH3 is 1. The van der Waals surface area contributed by atoms with Gasteiger partial charge in [-0.2, -0.15) is 0 Å². The van der Waals surface area contributed by atoms with Gasteiger partial charge in [-0.1, -0.05) is 19.1 Å². The fourth-order valence-corrected chi connectivity index (χ4v) is 2.79. The summed E-state index contributed by atoms with van der Waals surface area (Å²) in [6.07, 6.45) is 0.897. The number of Topliss-reactive ketones (excluding diaryl/α,β-unsaturated/α-hetero) is 1. The standard InChI is InChI=1S/C22H24N2O7/c1-13(4-11-20(27)24-29)21(16-7-10-19(30-3)18(26)12-16)31-22(28)23-17-8-5-15(6-9-17)14(2)25/h4-13,21,26,29H,1-3H3,(H,23,28)(H,24,27)/b11-4+/t13-,21+/m1/s1. The predicted octanol–water partition coefficient (Wildman–Crippen LogP) is 3.59. The van der Waals surface area contributed by atoms with Gasteiger partial charge < -0.3 is 14.6 Å². The molecule has 0 fully saturated rings. The summed E-state index contributed by atoms with van der Waals surface area (Å²) in [5.74, 6) is -1.23. The van der Waals surface area contributed by atoms with Gasteiger partial charge in [0.15, 0.2) is 17.3 Å². The topological polar surface area (TPSA) is 134 Å². The number of carbonyl (C=O) groups excluding carboxylic acids is 3. The van der Waals surface area contributed by atoms with Crippen molar-refractivity contribution in [1.82, 2.24) is 5.48 Å². The van der Waals surface area contributed by atoms with Crippen molar-refractivity contribution in [3.63, 3.8) is 0 Å². The minimum absolute atomic E-state index is 0.0963. The van der Waals surface area contributed by atoms with Crippen LogP contribution in [-0.2, 0) is 9.53 Å². The first-order valence-electron chi connectivity index (χ1n) is 9.33. The van der Waals surface area contributed by atoms with Crippen LogP contribution in [0.2, 0.25) is 0 Å². The monoisotopic (exact) mass is 428 g/mol. The summed E-state index contributed by atoms with van der Waals surface area (Å²) in [5.41, 5.74) is 2.87. The summed E-state index contributed by atoms with van der Waals surface area (Å²) in [6, 6.07) is 10.8. The van der Waals surface area contributed by atoms with Gasteiger partial charge >= 0.3 is 6.09 Å². The Hall–Kier alpha value is -3.85. The van der Waals surface area contributed by atoms with Crippen LogP contribution >= 0.6 is 0 Å². The third-order valence-corrected chi connectivity index (χ3v) is 4.44. The molecular formula is C22H24N2O7. The zero-order valence-electron chi connectivity index (χ0n) is 17.3. The average Bonchev–Trinajstić information content (AvgIpc) is 2.75. The summed E-state index contributed by atoms with van der Waals surface area (Å²) >= 11 is 0. The number of aromatic hydroxyl groups is 1. The fraction of sp³-hybridized carbons (Fsp3) is 0.227. The Morgan fingerprint density at radius 1 is 1.10 bits per heavy atom. The first-order chi connectivity index (χ1) is 14.7. The highest BCUT2D eigenvalue weighted by Crippen LogP contribution is 2.34. The van der Waals surface area contributed by atoms with Crippen molar-refractivity contribution in [3.8, 4) is 11.5 Å². The molecule has 0 unspecified atom stereocenters. The number of carbonyl (C=O) groups is 3. The smallest absolute Gasteiger partial charge is 0.412 e. The third-order valence-electron chi connectivity index (χ3n) is 4.44. The number of hydrogen-bond acceptors (Lipinski definition) is 7. The van der Waals surface area contributed by atoms with E-state index < -0.39 is 24.0 Å². The second-order valence-corrected chi connectivity index (χ2v) is 6.71. The maximum absolute atomic E-state index is 12.5. The lowest BCUT2D eigenvalue weighted by Gasteiger charge is -2.23. The van der Waals surface area contributed by atoms with E-state index in [4.69, 9.17) is 14.7 Å². The van der Waals surface area contributed by atoms with Gasteiger partial charge in [0.1, 0.15) is 6.10 Å². The lowest BCUT2D eigenvalue weighted by Crippen LogP contribution is -2.22. The zero-order chi connectivity index (χ0) is 23.0. The lowest BCUT2D eigenvalue weighted by molar-refractivity contribution is -0.124. The second kappa shape index (κ2) is 10.8. The van der Waals surface area contributed by atoms with Crippen molar-refractivity contribution in [2.24, 2.45) is 5.92 Å². The van der Waals surface area contributed by atoms with Gasteiger partial charge in [0.2, 0.25) is 0 Å². The zero-order valence-corrected chi connectivity index (χ0v) is 17.3. The van der Waals surface area contributed by atoms with Crippen LogP contribution in [-0.4, -0.2) is 35.2 Å². The SMILES string of the molecule is COc1ccc([C@@H](OC(=O)Nc2ccc(C(C)=O)cc2)[C@H](C)/C=C/C(=O)NO)cc1O. The van der Waals surface area contributed by atoms with Crippen molar-refractivity contribution < 1.29 is 34.2 Å². The molecule has 9 nitrogen and oxygen atoms in total. The number of rotatable bonds is 8. The van der Waals surface area contributed by atoms with Crippen molar-refractivity contribution in [2.75, 3.05) is 12.4 Å². The number of benzene rings is 2. The van der Waals surface area contributed by atoms with E-state index in [1.54, 1.807) is 37.3 Å². The molecule has 0 saturated heterocycles. The average molecular weight is 428 g/mol. The molecule has 2 aromatic rings. The number of amides is 2. The lowest BCUT2D eigenvalue weighted by atomic mass is 9.96. The van der Waals surface area contributed by atoms with Crippen LogP contribution in [0.15, 0.2) is 54.6 Å². The van der Waals surface area contributed by atoms with Crippen LogP contribution in [0.5, 0.6) is 11.5 Å². The van der Waals surface area contributed by atoms with Crippen molar-refractivity contribution in [3.05, 3.63) is 65.7 Å². The summed E-state index contributed by atoms with van der Waals surface area (Å²) in [5, 5.41) is 21.3. The number of hydroxylamine groups is 1. The molecule has 0 aliphatic carbocycles. The number of nitrogens with one attached hydrogen (secondary N) is 2. The third kappa shape index (κ3) is 6.58. The van der Waals surface area contributed by atoms with E-state index in [1.807, 2.05) is 0 Å². The highest BCUT2D eigenvalue weighted by molar-refractivity contribution is 5.95. The maximum Gasteiger partial charge on any atom is 0.412 e. The van der Waals surface area contributed by atoms with E-state index in [0.29, 0.717) is 16.8 Å². The normalized spacial score (nSPS) is 12.6. The van der Waals surface area contributed by atoms with E-state index in [2.05, 4.69) is 5.32 Å². The number of phenolic OH excluding ortho intramolecular Hbond substituents is 1. The van der Waals surface area contributed by atoms with Gasteiger partial charge in [0, 0.05) is 23.2 Å². The minimum atomic E-state index is -0.879. The van der Waals surface area contributed by atoms with Crippen LogP contribution in [0, 0.1) is 5.92 Å². The molecule has 0 spiro atoms. The van der Waals surface area contributed by atoms with Gasteiger partial charge in [0.25, 0.3) is 5.91 Å². The molecular weight excluding hydrogens is 404 g/mol. The second-order valence-electron chi connectivity index (χ2n) is 6.71. The van der Waals surface area contributed by atoms with Crippen LogP contribution in [0.25, 0.3) is 0 Å². The van der Waals surface area contributed by atoms with Crippen molar-refractivity contribution >= 4 is 23.5 Å². The van der Waals surface area contributed by atoms with Crippen LogP contribution in [0.4, 0.5) is 10.5 Å². The molecule has 0 aliphatic heterocycles. The Bertz CT molecular complexity index is 970. The van der Waals surface area contributed by atoms with Crippen molar-refractivity contribution in [2.45, 2.75) is 20.0 Å². The van der Waals surface area contributed by atoms with Crippen LogP contribution in [0.3, 0.4) is 0 Å². The van der Waals surface area contributed by atoms with Gasteiger partial charge in [-0.05, 0) is 48.9 Å². The molecule has 2 aromatic carbocycles. The molecule has 9 heteroatoms. The van der Waals surface area contributed by atoms with Gasteiger partial charge in [-0.15, -0.1) is 0 Å². The molecule has 2 amide bonds. The number of phenols is 1. The van der Waals surface area contributed by atoms with Crippen LogP contribution in [0.1, 0.15) is 35.9 Å². The first-order valence-corrected chi connectivity index (χ1v) is 9.33. The molecule has 0 aliphatic rings. The van der Waals surface area contributed by atoms with E-state index in [0.717, 1.165) is 6.08 Å². The Morgan fingerprint density at radius 3 is 2.32 bits per heavy atom. The van der Waals surface area contributed by atoms with E-state index >= 15 is 0 Å². The first kappa shape index (κ1) is 23.4. The summed E-state index contributed by atoms with van der Waals surface area (Å²) < 4.78 is 10.6. The molecule has 164 valence electrons. The number of ether oxygens (including phenoxy) is 2. The fourth-order valence-electron chi connectivity index (χ4n) is 2.79. The van der Waals surface area contributed by atoms with E-state index in [9.17, 15) is 19.5 Å².